The molecule has 0 aromatic heterocycles. The summed E-state index contributed by atoms with van der Waals surface area (Å²) < 4.78 is 23.9. The summed E-state index contributed by atoms with van der Waals surface area (Å²) in [6.07, 6.45) is 2.69. The zero-order valence-corrected chi connectivity index (χ0v) is 15.6. The van der Waals surface area contributed by atoms with Gasteiger partial charge >= 0.3 is 0 Å². The van der Waals surface area contributed by atoms with Gasteiger partial charge in [-0.2, -0.15) is 0 Å². The molecule has 1 rings (SSSR count). The van der Waals surface area contributed by atoms with Gasteiger partial charge in [-0.15, -0.1) is 11.6 Å². The van der Waals surface area contributed by atoms with Crippen LogP contribution in [0, 0.1) is 0 Å². The van der Waals surface area contributed by atoms with E-state index >= 15 is 0 Å². The number of methoxy groups -OCH3 is 1. The quantitative estimate of drug-likeness (QED) is 0.616. The first kappa shape index (κ1) is 21.9. The number of carbonyl (C=O) groups is 1. The summed E-state index contributed by atoms with van der Waals surface area (Å²) in [5.41, 5.74) is 3.24. The van der Waals surface area contributed by atoms with Crippen LogP contribution < -0.4 is 10.0 Å². The lowest BCUT2D eigenvalue weighted by atomic mass is 10.0. The van der Waals surface area contributed by atoms with Gasteiger partial charge in [-0.1, -0.05) is 32.0 Å². The lowest BCUT2D eigenvalue weighted by Gasteiger charge is -2.26. The Bertz CT molecular complexity index is 575. The van der Waals surface area contributed by atoms with Crippen molar-refractivity contribution in [3.63, 3.8) is 0 Å². The Morgan fingerprint density at radius 1 is 1.26 bits per heavy atom. The second kappa shape index (κ2) is 10.6. The normalized spacial score (nSPS) is 10.7. The topological polar surface area (TPSA) is 89.7 Å². The maximum absolute atomic E-state index is 12.0. The molecule has 1 amide bonds. The third kappa shape index (κ3) is 8.31. The molecule has 0 atom stereocenters. The second-order valence-electron chi connectivity index (χ2n) is 4.83. The van der Waals surface area contributed by atoms with Crippen molar-refractivity contribution in [1.29, 1.82) is 0 Å². The molecular weight excluding hydrogens is 340 g/mol. The van der Waals surface area contributed by atoms with Crippen molar-refractivity contribution < 1.29 is 17.9 Å². The average Bonchev–Trinajstić information content (AvgIpc) is 2.49. The predicted octanol–water partition coefficient (Wildman–Crippen LogP) is 1.89. The van der Waals surface area contributed by atoms with Crippen molar-refractivity contribution in [2.24, 2.45) is 5.14 Å². The first-order chi connectivity index (χ1) is 10.7. The van der Waals surface area contributed by atoms with E-state index in [1.165, 1.54) is 0 Å². The first-order valence-electron chi connectivity index (χ1n) is 7.13. The molecule has 6 nitrogen and oxygen atoms in total. The van der Waals surface area contributed by atoms with Crippen molar-refractivity contribution >= 4 is 33.2 Å². The van der Waals surface area contributed by atoms with Crippen LogP contribution in [0.25, 0.3) is 0 Å². The van der Waals surface area contributed by atoms with E-state index in [0.29, 0.717) is 0 Å². The number of amides is 1. The van der Waals surface area contributed by atoms with E-state index in [-0.39, 0.29) is 18.5 Å². The van der Waals surface area contributed by atoms with Crippen LogP contribution in [0.2, 0.25) is 0 Å². The number of sulfonamides is 1. The highest BCUT2D eigenvalue weighted by molar-refractivity contribution is 7.88. The summed E-state index contributed by atoms with van der Waals surface area (Å²) in [4.78, 5) is 13.6. The molecule has 0 unspecified atom stereocenters. The van der Waals surface area contributed by atoms with Crippen molar-refractivity contribution in [3.05, 3.63) is 29.3 Å². The van der Waals surface area contributed by atoms with Crippen LogP contribution in [-0.4, -0.2) is 40.3 Å². The molecule has 0 saturated carbocycles. The van der Waals surface area contributed by atoms with Crippen LogP contribution in [0.4, 0.5) is 5.69 Å². The molecule has 0 radical (unpaired) electrons. The van der Waals surface area contributed by atoms with Crippen LogP contribution in [0.3, 0.4) is 0 Å². The number of nitrogens with zero attached hydrogens (tertiary/aromatic N) is 1. The van der Waals surface area contributed by atoms with Gasteiger partial charge in [0, 0.05) is 7.11 Å². The van der Waals surface area contributed by atoms with E-state index in [1.807, 2.05) is 18.2 Å². The number of rotatable bonds is 6. The Kier molecular flexibility index (Phi) is 10.1. The van der Waals surface area contributed by atoms with Gasteiger partial charge in [-0.3, -0.25) is 9.69 Å². The minimum absolute atomic E-state index is 0.0371. The third-order valence-electron chi connectivity index (χ3n) is 2.91. The number of hydrogen-bond acceptors (Lipinski definition) is 4. The van der Waals surface area contributed by atoms with E-state index in [9.17, 15) is 13.2 Å². The number of alkyl halides is 1. The van der Waals surface area contributed by atoms with Crippen LogP contribution >= 0.6 is 11.6 Å². The fourth-order valence-corrected chi connectivity index (χ4v) is 2.17. The minimum Gasteiger partial charge on any atom is -0.364 e. The van der Waals surface area contributed by atoms with Gasteiger partial charge in [0.1, 0.15) is 12.6 Å². The number of ether oxygens (including phenoxy) is 1. The van der Waals surface area contributed by atoms with Crippen molar-refractivity contribution in [2.75, 3.05) is 30.9 Å². The number of para-hydroxylation sites is 1. The summed E-state index contributed by atoms with van der Waals surface area (Å²) in [5, 5.41) is 4.33. The van der Waals surface area contributed by atoms with Gasteiger partial charge in [0.25, 0.3) is 0 Å². The highest BCUT2D eigenvalue weighted by Gasteiger charge is 2.19. The smallest absolute Gasteiger partial charge is 0.243 e. The Morgan fingerprint density at radius 3 is 2.00 bits per heavy atom. The number of benzene rings is 1. The molecule has 8 heteroatoms. The molecule has 0 heterocycles. The molecule has 0 aliphatic carbocycles. The highest BCUT2D eigenvalue weighted by atomic mass is 35.5. The SMILES string of the molecule is CCc1cccc(CC)c1N(COC)C(=O)CCl.CS(N)(=O)=O. The summed E-state index contributed by atoms with van der Waals surface area (Å²) >= 11 is 5.68. The molecule has 2 N–H and O–H groups in total. The van der Waals surface area contributed by atoms with Crippen molar-refractivity contribution in [2.45, 2.75) is 26.7 Å². The fourth-order valence-electron chi connectivity index (χ4n) is 2.02. The minimum atomic E-state index is -3.17. The summed E-state index contributed by atoms with van der Waals surface area (Å²) in [7, 11) is -1.59. The number of carbonyl (C=O) groups excluding carboxylic acids is 1. The number of nitrogens with two attached hydrogens (primary N) is 1. The number of anilines is 1. The van der Waals surface area contributed by atoms with Crippen LogP contribution in [0.1, 0.15) is 25.0 Å². The summed E-state index contributed by atoms with van der Waals surface area (Å²) in [5.74, 6) is -0.168. The molecule has 1 aromatic rings. The number of halogens is 1. The Balaban J connectivity index is 0.000000841. The lowest BCUT2D eigenvalue weighted by Crippen LogP contribution is -2.35. The molecule has 0 fully saturated rings. The predicted molar refractivity (Wildman–Crippen MR) is 94.3 cm³/mol. The monoisotopic (exact) mass is 364 g/mol. The number of hydrogen-bond donors (Lipinski definition) is 1. The maximum atomic E-state index is 12.0. The molecule has 0 spiro atoms. The number of aryl methyl sites for hydroxylation is 2. The zero-order chi connectivity index (χ0) is 18.0. The van der Waals surface area contributed by atoms with Crippen LogP contribution in [0.5, 0.6) is 0 Å². The van der Waals surface area contributed by atoms with Gasteiger partial charge in [0.2, 0.25) is 15.9 Å². The molecule has 0 saturated heterocycles. The van der Waals surface area contributed by atoms with Gasteiger partial charge in [-0.25, -0.2) is 13.6 Å². The zero-order valence-electron chi connectivity index (χ0n) is 14.0. The van der Waals surface area contributed by atoms with Gasteiger partial charge in [0.05, 0.1) is 11.9 Å². The van der Waals surface area contributed by atoms with Gasteiger partial charge in [0.15, 0.2) is 0 Å². The fraction of sp³-hybridized carbons (Fsp3) is 0.533. The van der Waals surface area contributed by atoms with E-state index in [1.54, 1.807) is 12.0 Å². The molecule has 0 bridgehead atoms. The Labute approximate surface area is 143 Å². The molecule has 0 aliphatic rings. The van der Waals surface area contributed by atoms with Gasteiger partial charge in [-0.05, 0) is 24.0 Å². The second-order valence-corrected chi connectivity index (χ2v) is 6.76. The standard InChI is InChI=1S/C14H20ClNO2.CH5NO2S/c1-4-11-7-6-8-12(5-2)14(11)16(10-18-3)13(17)9-15;1-5(2,3)4/h6-8H,4-5,9-10H2,1-3H3;1H3,(H2,2,3,4). The molecular formula is C15H25ClN2O4S. The lowest BCUT2D eigenvalue weighted by molar-refractivity contribution is -0.117. The van der Waals surface area contributed by atoms with Crippen molar-refractivity contribution in [1.82, 2.24) is 0 Å². The molecule has 132 valence electrons. The number of primary sulfonamides is 1. The van der Waals surface area contributed by atoms with E-state index < -0.39 is 10.0 Å². The van der Waals surface area contributed by atoms with E-state index in [0.717, 1.165) is 35.9 Å². The van der Waals surface area contributed by atoms with E-state index in [2.05, 4.69) is 19.0 Å². The largest absolute Gasteiger partial charge is 0.364 e. The maximum Gasteiger partial charge on any atom is 0.243 e. The molecule has 1 aromatic carbocycles. The van der Waals surface area contributed by atoms with Gasteiger partial charge < -0.3 is 4.74 Å². The summed E-state index contributed by atoms with van der Waals surface area (Å²) in [6, 6.07) is 6.11. The first-order valence-corrected chi connectivity index (χ1v) is 9.62. The average molecular weight is 365 g/mol. The Morgan fingerprint density at radius 2 is 1.70 bits per heavy atom. The van der Waals surface area contributed by atoms with Crippen LogP contribution in [0.15, 0.2) is 18.2 Å². The Hall–Kier alpha value is -1.15. The highest BCUT2D eigenvalue weighted by Crippen LogP contribution is 2.27. The van der Waals surface area contributed by atoms with E-state index in [4.69, 9.17) is 16.3 Å². The molecule has 0 aliphatic heterocycles. The summed E-state index contributed by atoms with van der Waals surface area (Å²) in [6.45, 7) is 4.39. The van der Waals surface area contributed by atoms with Crippen molar-refractivity contribution in [3.8, 4) is 0 Å². The molecule has 23 heavy (non-hydrogen) atoms. The third-order valence-corrected chi connectivity index (χ3v) is 3.14. The van der Waals surface area contributed by atoms with Crippen LogP contribution in [-0.2, 0) is 32.4 Å².